The lowest BCUT2D eigenvalue weighted by molar-refractivity contribution is 0.0985. The molecule has 1 aromatic heterocycles. The number of fused-ring (bicyclic) bond motifs is 2. The normalized spacial score (nSPS) is 13.0. The van der Waals surface area contributed by atoms with Crippen LogP contribution in [0.2, 0.25) is 0 Å². The predicted octanol–water partition coefficient (Wildman–Crippen LogP) is 5.84. The molecule has 5 rings (SSSR count). The van der Waals surface area contributed by atoms with Gasteiger partial charge in [0.05, 0.1) is 11.3 Å². The fraction of sp³-hybridized carbons (Fsp3) is 0.125. The highest BCUT2D eigenvalue weighted by molar-refractivity contribution is 7.99. The zero-order valence-corrected chi connectivity index (χ0v) is 17.4. The van der Waals surface area contributed by atoms with Crippen molar-refractivity contribution >= 4 is 23.4 Å². The third-order valence-electron chi connectivity index (χ3n) is 5.13. The molecule has 30 heavy (non-hydrogen) atoms. The van der Waals surface area contributed by atoms with Gasteiger partial charge >= 0.3 is 0 Å². The molecule has 0 fully saturated rings. The molecular formula is C24H19N3O2S. The molecule has 4 aromatic rings. The summed E-state index contributed by atoms with van der Waals surface area (Å²) >= 11 is 1.59. The maximum atomic E-state index is 13.0. The minimum atomic E-state index is 0.0216. The largest absolute Gasteiger partial charge is 0.334 e. The first-order valence-electron chi connectivity index (χ1n) is 9.78. The summed E-state index contributed by atoms with van der Waals surface area (Å²) < 4.78 is 5.50. The Hall–Kier alpha value is -3.38. The summed E-state index contributed by atoms with van der Waals surface area (Å²) in [6.07, 6.45) is 0. The van der Waals surface area contributed by atoms with Gasteiger partial charge in [-0.3, -0.25) is 4.79 Å². The van der Waals surface area contributed by atoms with E-state index in [1.807, 2.05) is 85.5 Å². The molecule has 0 saturated carbocycles. The number of aryl methyl sites for hydroxylation is 1. The van der Waals surface area contributed by atoms with Crippen molar-refractivity contribution in [2.75, 3.05) is 11.4 Å². The van der Waals surface area contributed by atoms with Gasteiger partial charge in [-0.1, -0.05) is 46.7 Å². The average molecular weight is 414 g/mol. The lowest BCUT2D eigenvalue weighted by Gasteiger charge is -2.21. The fourth-order valence-electron chi connectivity index (χ4n) is 3.53. The Morgan fingerprint density at radius 1 is 0.967 bits per heavy atom. The van der Waals surface area contributed by atoms with Gasteiger partial charge in [0.15, 0.2) is 0 Å². The second-order valence-electron chi connectivity index (χ2n) is 7.12. The topological polar surface area (TPSA) is 59.2 Å². The SMILES string of the molecule is CCN1C(=O)c2ccccc2Sc2cc(-c3noc(-c4ccc(C)cc4)n3)ccc21. The molecule has 1 amide bonds. The molecule has 0 spiro atoms. The molecule has 0 N–H and O–H groups in total. The van der Waals surface area contributed by atoms with Crippen LogP contribution in [0.15, 0.2) is 81.0 Å². The zero-order chi connectivity index (χ0) is 20.7. The van der Waals surface area contributed by atoms with Crippen LogP contribution in [0.3, 0.4) is 0 Å². The first kappa shape index (κ1) is 18.6. The first-order valence-corrected chi connectivity index (χ1v) is 10.6. The Morgan fingerprint density at radius 2 is 1.73 bits per heavy atom. The van der Waals surface area contributed by atoms with Crippen LogP contribution in [0.4, 0.5) is 5.69 Å². The van der Waals surface area contributed by atoms with Gasteiger partial charge in [0.25, 0.3) is 11.8 Å². The lowest BCUT2D eigenvalue weighted by atomic mass is 10.1. The zero-order valence-electron chi connectivity index (χ0n) is 16.6. The van der Waals surface area contributed by atoms with Crippen molar-refractivity contribution in [2.45, 2.75) is 23.6 Å². The first-order chi connectivity index (χ1) is 14.6. The van der Waals surface area contributed by atoms with Crippen molar-refractivity contribution in [1.29, 1.82) is 0 Å². The second-order valence-corrected chi connectivity index (χ2v) is 8.20. The Morgan fingerprint density at radius 3 is 2.53 bits per heavy atom. The number of aromatic nitrogens is 2. The monoisotopic (exact) mass is 413 g/mol. The van der Waals surface area contributed by atoms with Gasteiger partial charge in [-0.2, -0.15) is 4.98 Å². The lowest BCUT2D eigenvalue weighted by Crippen LogP contribution is -2.30. The van der Waals surface area contributed by atoms with E-state index in [2.05, 4.69) is 10.1 Å². The number of benzene rings is 3. The second kappa shape index (κ2) is 7.46. The highest BCUT2D eigenvalue weighted by Gasteiger charge is 2.26. The van der Waals surface area contributed by atoms with Crippen LogP contribution in [-0.4, -0.2) is 22.6 Å². The van der Waals surface area contributed by atoms with E-state index >= 15 is 0 Å². The van der Waals surface area contributed by atoms with Gasteiger partial charge in [-0.15, -0.1) is 0 Å². The van der Waals surface area contributed by atoms with Crippen LogP contribution in [0.25, 0.3) is 22.8 Å². The van der Waals surface area contributed by atoms with Crippen molar-refractivity contribution in [3.8, 4) is 22.8 Å². The quantitative estimate of drug-likeness (QED) is 0.422. The molecule has 5 nitrogen and oxygen atoms in total. The third kappa shape index (κ3) is 3.19. The van der Waals surface area contributed by atoms with E-state index in [-0.39, 0.29) is 5.91 Å². The summed E-state index contributed by atoms with van der Waals surface area (Å²) in [4.78, 5) is 21.4. The number of amides is 1. The number of hydrogen-bond donors (Lipinski definition) is 0. The average Bonchev–Trinajstić information content (AvgIpc) is 3.22. The number of carbonyl (C=O) groups is 1. The molecule has 1 aliphatic heterocycles. The van der Waals surface area contributed by atoms with Crippen molar-refractivity contribution in [2.24, 2.45) is 0 Å². The molecule has 0 unspecified atom stereocenters. The molecule has 0 aliphatic carbocycles. The Balaban J connectivity index is 1.56. The summed E-state index contributed by atoms with van der Waals surface area (Å²) in [7, 11) is 0. The van der Waals surface area contributed by atoms with Crippen LogP contribution in [0.5, 0.6) is 0 Å². The molecule has 148 valence electrons. The van der Waals surface area contributed by atoms with Crippen LogP contribution in [0, 0.1) is 6.92 Å². The van der Waals surface area contributed by atoms with Crippen LogP contribution in [0.1, 0.15) is 22.8 Å². The molecule has 1 aliphatic rings. The van der Waals surface area contributed by atoms with E-state index in [9.17, 15) is 4.79 Å². The van der Waals surface area contributed by atoms with E-state index in [1.54, 1.807) is 11.8 Å². The van der Waals surface area contributed by atoms with Crippen LogP contribution >= 0.6 is 11.8 Å². The van der Waals surface area contributed by atoms with Gasteiger partial charge in [0.2, 0.25) is 5.82 Å². The smallest absolute Gasteiger partial charge is 0.259 e. The number of anilines is 1. The number of carbonyl (C=O) groups excluding carboxylic acids is 1. The van der Waals surface area contributed by atoms with Gasteiger partial charge in [0.1, 0.15) is 0 Å². The summed E-state index contributed by atoms with van der Waals surface area (Å²) in [6.45, 7) is 4.62. The van der Waals surface area contributed by atoms with E-state index in [0.717, 1.165) is 32.2 Å². The number of rotatable bonds is 3. The predicted molar refractivity (Wildman–Crippen MR) is 118 cm³/mol. The molecule has 0 saturated heterocycles. The molecule has 0 radical (unpaired) electrons. The van der Waals surface area contributed by atoms with E-state index in [4.69, 9.17) is 4.52 Å². The van der Waals surface area contributed by atoms with E-state index < -0.39 is 0 Å². The third-order valence-corrected chi connectivity index (χ3v) is 6.25. The highest BCUT2D eigenvalue weighted by Crippen LogP contribution is 2.42. The van der Waals surface area contributed by atoms with Gasteiger partial charge in [-0.05, 0) is 56.3 Å². The van der Waals surface area contributed by atoms with E-state index in [1.165, 1.54) is 5.56 Å². The Labute approximate surface area is 178 Å². The summed E-state index contributed by atoms with van der Waals surface area (Å²) in [5.74, 6) is 1.04. The summed E-state index contributed by atoms with van der Waals surface area (Å²) in [5, 5.41) is 4.18. The van der Waals surface area contributed by atoms with E-state index in [0.29, 0.717) is 18.3 Å². The Kier molecular flexibility index (Phi) is 4.64. The Bertz CT molecular complexity index is 1250. The summed E-state index contributed by atoms with van der Waals surface area (Å²) in [6, 6.07) is 21.6. The van der Waals surface area contributed by atoms with Crippen LogP contribution in [-0.2, 0) is 0 Å². The van der Waals surface area contributed by atoms with Crippen molar-refractivity contribution < 1.29 is 9.32 Å². The van der Waals surface area contributed by atoms with Crippen molar-refractivity contribution in [1.82, 2.24) is 10.1 Å². The molecule has 2 heterocycles. The van der Waals surface area contributed by atoms with Crippen LogP contribution < -0.4 is 4.90 Å². The molecular weight excluding hydrogens is 394 g/mol. The maximum absolute atomic E-state index is 13.0. The molecule has 3 aromatic carbocycles. The molecule has 0 atom stereocenters. The van der Waals surface area contributed by atoms with Crippen molar-refractivity contribution in [3.05, 3.63) is 77.9 Å². The standard InChI is InChI=1S/C24H19N3O2S/c1-3-27-19-13-12-17(14-21(19)30-20-7-5-4-6-18(20)24(27)28)22-25-23(29-26-22)16-10-8-15(2)9-11-16/h4-14H,3H2,1-2H3. The minimum absolute atomic E-state index is 0.0216. The van der Waals surface area contributed by atoms with Gasteiger partial charge < -0.3 is 9.42 Å². The van der Waals surface area contributed by atoms with Crippen molar-refractivity contribution in [3.63, 3.8) is 0 Å². The minimum Gasteiger partial charge on any atom is -0.334 e. The fourth-order valence-corrected chi connectivity index (χ4v) is 4.65. The number of nitrogens with zero attached hydrogens (tertiary/aromatic N) is 3. The van der Waals surface area contributed by atoms with Gasteiger partial charge in [-0.25, -0.2) is 0 Å². The molecule has 6 heteroatoms. The highest BCUT2D eigenvalue weighted by atomic mass is 32.2. The molecule has 0 bridgehead atoms. The number of hydrogen-bond acceptors (Lipinski definition) is 5. The summed E-state index contributed by atoms with van der Waals surface area (Å²) in [5.41, 5.74) is 4.54. The maximum Gasteiger partial charge on any atom is 0.259 e. The van der Waals surface area contributed by atoms with Gasteiger partial charge in [0, 0.05) is 27.5 Å².